The first kappa shape index (κ1) is 15.6. The van der Waals surface area contributed by atoms with Gasteiger partial charge in [-0.2, -0.15) is 0 Å². The van der Waals surface area contributed by atoms with Gasteiger partial charge in [0.2, 0.25) is 0 Å². The van der Waals surface area contributed by atoms with Crippen molar-refractivity contribution in [2.75, 3.05) is 21.3 Å². The van der Waals surface area contributed by atoms with Gasteiger partial charge in [-0.25, -0.2) is 0 Å². The summed E-state index contributed by atoms with van der Waals surface area (Å²) in [6.07, 6.45) is 3.28. The van der Waals surface area contributed by atoms with Gasteiger partial charge in [0.1, 0.15) is 5.75 Å². The molecule has 0 unspecified atom stereocenters. The Kier molecular flexibility index (Phi) is 5.20. The monoisotopic (exact) mass is 299 g/mol. The van der Waals surface area contributed by atoms with E-state index >= 15 is 0 Å². The first-order valence-electron chi connectivity index (χ1n) is 6.76. The van der Waals surface area contributed by atoms with Gasteiger partial charge in [0, 0.05) is 5.56 Å². The number of hydrogen-bond acceptors (Lipinski definition) is 4. The van der Waals surface area contributed by atoms with Crippen LogP contribution in [0.2, 0.25) is 0 Å². The maximum Gasteiger partial charge on any atom is 0.185 e. The molecule has 114 valence electrons. The van der Waals surface area contributed by atoms with E-state index in [1.54, 1.807) is 57.7 Å². The van der Waals surface area contributed by atoms with Crippen molar-refractivity contribution in [3.8, 4) is 17.2 Å². The van der Waals surface area contributed by atoms with Crippen LogP contribution >= 0.6 is 0 Å². The van der Waals surface area contributed by atoms with E-state index in [9.17, 15) is 4.79 Å². The van der Waals surface area contributed by atoms with Crippen LogP contribution in [0.4, 0.5) is 0 Å². The highest BCUT2D eigenvalue weighted by atomic mass is 16.5. The molecular weight excluding hydrogens is 281 g/mol. The van der Waals surface area contributed by atoms with E-state index in [4.69, 9.17) is 14.2 Å². The molecule has 0 amide bonds. The van der Waals surface area contributed by atoms with Crippen LogP contribution in [0.3, 0.4) is 0 Å². The Morgan fingerprint density at radius 2 is 1.55 bits per heavy atom. The summed E-state index contributed by atoms with van der Waals surface area (Å²) in [5, 5.41) is 0. The fraction of sp³-hybridized carbons (Fsp3) is 0.167. The SMILES string of the molecule is COc1ccc([13C](=O)/C=C/c2ccc(OC)c(OC)c2)cc1. The lowest BCUT2D eigenvalue weighted by Crippen LogP contribution is -1.94. The summed E-state index contributed by atoms with van der Waals surface area (Å²) >= 11 is 0. The molecule has 0 bridgehead atoms. The fourth-order valence-electron chi connectivity index (χ4n) is 1.98. The third kappa shape index (κ3) is 3.67. The number of ketones is 1. The third-order valence-electron chi connectivity index (χ3n) is 3.21. The van der Waals surface area contributed by atoms with E-state index in [0.29, 0.717) is 17.1 Å². The third-order valence-corrected chi connectivity index (χ3v) is 3.21. The number of carbonyl (C=O) groups excluding carboxylic acids is 1. The van der Waals surface area contributed by atoms with Gasteiger partial charge < -0.3 is 14.2 Å². The molecule has 0 aliphatic heterocycles. The predicted octanol–water partition coefficient (Wildman–Crippen LogP) is 3.61. The van der Waals surface area contributed by atoms with Crippen LogP contribution in [0.1, 0.15) is 15.9 Å². The molecule has 0 fully saturated rings. The molecule has 2 aromatic rings. The van der Waals surface area contributed by atoms with Gasteiger partial charge in [-0.05, 0) is 48.0 Å². The number of hydrogen-bond donors (Lipinski definition) is 0. The Hall–Kier alpha value is -2.75. The Balaban J connectivity index is 2.14. The minimum absolute atomic E-state index is 0.0718. The van der Waals surface area contributed by atoms with Crippen molar-refractivity contribution in [3.05, 3.63) is 59.7 Å². The Bertz CT molecular complexity index is 672. The van der Waals surface area contributed by atoms with Gasteiger partial charge in [-0.15, -0.1) is 0 Å². The van der Waals surface area contributed by atoms with Crippen LogP contribution in [-0.4, -0.2) is 27.1 Å². The number of methoxy groups -OCH3 is 3. The molecule has 2 aromatic carbocycles. The van der Waals surface area contributed by atoms with E-state index in [1.165, 1.54) is 6.08 Å². The lowest BCUT2D eigenvalue weighted by Gasteiger charge is -2.07. The smallest absolute Gasteiger partial charge is 0.185 e. The Morgan fingerprint density at radius 3 is 2.14 bits per heavy atom. The summed E-state index contributed by atoms with van der Waals surface area (Å²) < 4.78 is 15.5. The van der Waals surface area contributed by atoms with Crippen LogP contribution in [0.25, 0.3) is 6.08 Å². The molecule has 0 N–H and O–H groups in total. The molecule has 0 spiro atoms. The van der Waals surface area contributed by atoms with Crippen molar-refractivity contribution in [2.24, 2.45) is 0 Å². The van der Waals surface area contributed by atoms with Crippen LogP contribution in [0.15, 0.2) is 48.5 Å². The molecule has 0 atom stereocenters. The summed E-state index contributed by atoms with van der Waals surface area (Å²) in [6, 6.07) is 12.5. The normalized spacial score (nSPS) is 10.5. The molecule has 0 saturated heterocycles. The molecule has 0 aromatic heterocycles. The van der Waals surface area contributed by atoms with E-state index in [2.05, 4.69) is 0 Å². The number of benzene rings is 2. The van der Waals surface area contributed by atoms with Gasteiger partial charge in [0.25, 0.3) is 0 Å². The molecule has 0 radical (unpaired) electrons. The minimum atomic E-state index is -0.0718. The van der Waals surface area contributed by atoms with Crippen molar-refractivity contribution < 1.29 is 19.0 Å². The van der Waals surface area contributed by atoms with Crippen LogP contribution in [0, 0.1) is 0 Å². The molecule has 22 heavy (non-hydrogen) atoms. The van der Waals surface area contributed by atoms with Gasteiger partial charge in [-0.3, -0.25) is 4.79 Å². The highest BCUT2D eigenvalue weighted by molar-refractivity contribution is 6.06. The Morgan fingerprint density at radius 1 is 0.864 bits per heavy atom. The lowest BCUT2D eigenvalue weighted by molar-refractivity contribution is 0.104. The largest absolute Gasteiger partial charge is 0.497 e. The maximum absolute atomic E-state index is 12.1. The van der Waals surface area contributed by atoms with E-state index in [-0.39, 0.29) is 5.78 Å². The van der Waals surface area contributed by atoms with Crippen molar-refractivity contribution in [3.63, 3.8) is 0 Å². The summed E-state index contributed by atoms with van der Waals surface area (Å²) in [6.45, 7) is 0. The zero-order valence-electron chi connectivity index (χ0n) is 12.8. The van der Waals surface area contributed by atoms with Crippen LogP contribution in [-0.2, 0) is 0 Å². The number of allylic oxidation sites excluding steroid dienone is 1. The highest BCUT2D eigenvalue weighted by Gasteiger charge is 2.04. The number of rotatable bonds is 6. The van der Waals surface area contributed by atoms with E-state index in [0.717, 1.165) is 11.3 Å². The average molecular weight is 299 g/mol. The second-order valence-corrected chi connectivity index (χ2v) is 4.54. The molecule has 0 aliphatic rings. The molecular formula is C18H18O4. The predicted molar refractivity (Wildman–Crippen MR) is 85.9 cm³/mol. The highest BCUT2D eigenvalue weighted by Crippen LogP contribution is 2.28. The van der Waals surface area contributed by atoms with Crippen molar-refractivity contribution in [2.45, 2.75) is 0 Å². The average Bonchev–Trinajstić information content (AvgIpc) is 2.59. The van der Waals surface area contributed by atoms with Crippen molar-refractivity contribution in [1.29, 1.82) is 0 Å². The topological polar surface area (TPSA) is 44.8 Å². The molecule has 4 nitrogen and oxygen atoms in total. The summed E-state index contributed by atoms with van der Waals surface area (Å²) in [5.74, 6) is 1.93. The summed E-state index contributed by atoms with van der Waals surface area (Å²) in [7, 11) is 4.75. The second kappa shape index (κ2) is 7.31. The zero-order valence-corrected chi connectivity index (χ0v) is 12.8. The number of ether oxygens (including phenoxy) is 3. The molecule has 2 rings (SSSR count). The Labute approximate surface area is 129 Å². The molecule has 0 aliphatic carbocycles. The van der Waals surface area contributed by atoms with Crippen molar-refractivity contribution in [1.82, 2.24) is 0 Å². The molecule has 0 saturated carbocycles. The van der Waals surface area contributed by atoms with Gasteiger partial charge in [0.05, 0.1) is 21.3 Å². The first-order valence-corrected chi connectivity index (χ1v) is 6.76. The summed E-state index contributed by atoms with van der Waals surface area (Å²) in [5.41, 5.74) is 1.47. The van der Waals surface area contributed by atoms with E-state index < -0.39 is 0 Å². The van der Waals surface area contributed by atoms with Gasteiger partial charge >= 0.3 is 0 Å². The van der Waals surface area contributed by atoms with E-state index in [1.807, 2.05) is 12.1 Å². The lowest BCUT2D eigenvalue weighted by atomic mass is 10.2. The first-order chi connectivity index (χ1) is 10.7. The van der Waals surface area contributed by atoms with Crippen molar-refractivity contribution >= 4 is 11.9 Å². The minimum Gasteiger partial charge on any atom is -0.497 e. The molecule has 4 heteroatoms. The van der Waals surface area contributed by atoms with Gasteiger partial charge in [0.15, 0.2) is 17.3 Å². The standard InChI is InChI=1S/C18H18O4/c1-20-15-8-6-14(7-9-15)16(19)10-4-13-5-11-17(21-2)18(12-13)22-3/h4-12H,1-3H3/b10-4+/i16+1. The van der Waals surface area contributed by atoms with Gasteiger partial charge in [-0.1, -0.05) is 12.1 Å². The van der Waals surface area contributed by atoms with Crippen LogP contribution in [0.5, 0.6) is 17.2 Å². The number of carbonyl (C=O) groups is 1. The zero-order chi connectivity index (χ0) is 15.9. The quantitative estimate of drug-likeness (QED) is 0.464. The fourth-order valence-corrected chi connectivity index (χ4v) is 1.98. The van der Waals surface area contributed by atoms with Crippen LogP contribution < -0.4 is 14.2 Å². The maximum atomic E-state index is 12.1. The summed E-state index contributed by atoms with van der Waals surface area (Å²) in [4.78, 5) is 12.1. The molecule has 0 heterocycles. The second-order valence-electron chi connectivity index (χ2n) is 4.54.